The fourth-order valence-electron chi connectivity index (χ4n) is 3.37. The first-order valence-electron chi connectivity index (χ1n) is 9.55. The lowest BCUT2D eigenvalue weighted by Gasteiger charge is -2.35. The predicted molar refractivity (Wildman–Crippen MR) is 114 cm³/mol. The first-order chi connectivity index (χ1) is 14.0. The van der Waals surface area contributed by atoms with Crippen molar-refractivity contribution in [3.8, 4) is 11.5 Å². The number of piperazine rings is 1. The molecule has 6 nitrogen and oxygen atoms in total. The number of halogens is 1. The van der Waals surface area contributed by atoms with Crippen molar-refractivity contribution in [1.82, 2.24) is 9.80 Å². The highest BCUT2D eigenvalue weighted by Crippen LogP contribution is 2.28. The number of methoxy groups -OCH3 is 2. The summed E-state index contributed by atoms with van der Waals surface area (Å²) in [7, 11) is 3.11. The molecule has 0 unspecified atom stereocenters. The Labute approximate surface area is 179 Å². The molecule has 0 aliphatic carbocycles. The zero-order chi connectivity index (χ0) is 20.8. The Morgan fingerprint density at radius 3 is 2.14 bits per heavy atom. The van der Waals surface area contributed by atoms with E-state index in [1.807, 2.05) is 29.2 Å². The van der Waals surface area contributed by atoms with Crippen LogP contribution in [0.25, 0.3) is 0 Å². The van der Waals surface area contributed by atoms with Crippen molar-refractivity contribution in [2.24, 2.45) is 0 Å². The number of rotatable bonds is 6. The number of hydrogen-bond acceptors (Lipinski definition) is 4. The fraction of sp³-hybridized carbons (Fsp3) is 0.364. The van der Waals surface area contributed by atoms with Crippen LogP contribution in [0.5, 0.6) is 11.5 Å². The smallest absolute Gasteiger partial charge is 0.254 e. The van der Waals surface area contributed by atoms with E-state index in [-0.39, 0.29) is 11.8 Å². The minimum Gasteiger partial charge on any atom is -0.493 e. The van der Waals surface area contributed by atoms with Gasteiger partial charge in [-0.3, -0.25) is 9.59 Å². The molecule has 0 radical (unpaired) electrons. The van der Waals surface area contributed by atoms with Gasteiger partial charge in [0.1, 0.15) is 0 Å². The molecule has 0 spiro atoms. The van der Waals surface area contributed by atoms with Crippen LogP contribution in [0.4, 0.5) is 0 Å². The third kappa shape index (κ3) is 5.29. The summed E-state index contributed by atoms with van der Waals surface area (Å²) < 4.78 is 11.5. The summed E-state index contributed by atoms with van der Waals surface area (Å²) in [4.78, 5) is 28.9. The molecule has 1 aliphatic rings. The Kier molecular flexibility index (Phi) is 7.14. The largest absolute Gasteiger partial charge is 0.493 e. The Morgan fingerprint density at radius 2 is 1.52 bits per heavy atom. The molecular formula is C22H25BrN2O4. The zero-order valence-electron chi connectivity index (χ0n) is 16.7. The van der Waals surface area contributed by atoms with Gasteiger partial charge in [0.05, 0.1) is 14.2 Å². The number of ether oxygens (including phenoxy) is 2. The molecule has 1 saturated heterocycles. The number of carbonyl (C=O) groups is 2. The highest BCUT2D eigenvalue weighted by Gasteiger charge is 2.25. The maximum Gasteiger partial charge on any atom is 0.254 e. The van der Waals surface area contributed by atoms with Crippen molar-refractivity contribution in [3.05, 3.63) is 58.1 Å². The van der Waals surface area contributed by atoms with Crippen LogP contribution in [-0.4, -0.2) is 62.0 Å². The van der Waals surface area contributed by atoms with E-state index in [1.54, 1.807) is 37.3 Å². The number of hydrogen-bond donors (Lipinski definition) is 0. The van der Waals surface area contributed by atoms with Crippen molar-refractivity contribution < 1.29 is 19.1 Å². The maximum absolute atomic E-state index is 12.8. The topological polar surface area (TPSA) is 59.1 Å². The summed E-state index contributed by atoms with van der Waals surface area (Å²) in [5.41, 5.74) is 1.70. The minimum absolute atomic E-state index is 0.0621. The predicted octanol–water partition coefficient (Wildman–Crippen LogP) is 3.38. The number of benzene rings is 2. The van der Waals surface area contributed by atoms with Crippen molar-refractivity contribution in [3.63, 3.8) is 0 Å². The average molecular weight is 461 g/mol. The van der Waals surface area contributed by atoms with Crippen molar-refractivity contribution in [1.29, 1.82) is 0 Å². The summed E-state index contributed by atoms with van der Waals surface area (Å²) >= 11 is 3.42. The molecule has 1 fully saturated rings. The van der Waals surface area contributed by atoms with Crippen LogP contribution in [0.3, 0.4) is 0 Å². The van der Waals surface area contributed by atoms with Gasteiger partial charge in [0.2, 0.25) is 5.91 Å². The summed E-state index contributed by atoms with van der Waals surface area (Å²) in [5, 5.41) is 0. The molecule has 3 rings (SSSR count). The fourth-order valence-corrected chi connectivity index (χ4v) is 3.64. The van der Waals surface area contributed by atoms with Crippen LogP contribution in [-0.2, 0) is 11.2 Å². The third-order valence-electron chi connectivity index (χ3n) is 5.09. The molecule has 0 N–H and O–H groups in total. The monoisotopic (exact) mass is 460 g/mol. The molecule has 2 aromatic rings. The first-order valence-corrected chi connectivity index (χ1v) is 10.3. The summed E-state index contributed by atoms with van der Waals surface area (Å²) in [6.45, 7) is 2.16. The second-order valence-electron chi connectivity index (χ2n) is 6.87. The molecule has 1 aliphatic heterocycles. The summed E-state index contributed by atoms with van der Waals surface area (Å²) in [6, 6.07) is 13.2. The minimum atomic E-state index is -0.0621. The molecule has 2 amide bonds. The number of nitrogens with zero attached hydrogens (tertiary/aromatic N) is 2. The average Bonchev–Trinajstić information content (AvgIpc) is 2.77. The second-order valence-corrected chi connectivity index (χ2v) is 7.78. The molecule has 7 heteroatoms. The van der Waals surface area contributed by atoms with E-state index >= 15 is 0 Å². The Hall–Kier alpha value is -2.54. The summed E-state index contributed by atoms with van der Waals surface area (Å²) in [5.74, 6) is 1.18. The number of aryl methyl sites for hydroxylation is 1. The SMILES string of the molecule is COc1ccc(C(=O)N2CCN(C(=O)CCc3ccc(Br)cc3)CC2)cc1OC. The highest BCUT2D eigenvalue weighted by molar-refractivity contribution is 9.10. The second kappa shape index (κ2) is 9.78. The van der Waals surface area contributed by atoms with E-state index in [1.165, 1.54) is 0 Å². The lowest BCUT2D eigenvalue weighted by Crippen LogP contribution is -2.50. The molecule has 29 heavy (non-hydrogen) atoms. The van der Waals surface area contributed by atoms with E-state index in [0.717, 1.165) is 16.5 Å². The molecule has 2 aromatic carbocycles. The Balaban J connectivity index is 1.52. The van der Waals surface area contributed by atoms with E-state index < -0.39 is 0 Å². The van der Waals surface area contributed by atoms with Gasteiger partial charge in [-0.15, -0.1) is 0 Å². The zero-order valence-corrected chi connectivity index (χ0v) is 18.3. The van der Waals surface area contributed by atoms with Gasteiger partial charge < -0.3 is 19.3 Å². The van der Waals surface area contributed by atoms with Gasteiger partial charge in [0.25, 0.3) is 5.91 Å². The van der Waals surface area contributed by atoms with Crippen LogP contribution >= 0.6 is 15.9 Å². The molecular weight excluding hydrogens is 436 g/mol. The van der Waals surface area contributed by atoms with E-state index in [2.05, 4.69) is 15.9 Å². The lowest BCUT2D eigenvalue weighted by atomic mass is 10.1. The van der Waals surface area contributed by atoms with E-state index in [0.29, 0.717) is 49.7 Å². The van der Waals surface area contributed by atoms with Crippen LogP contribution in [0.15, 0.2) is 46.9 Å². The van der Waals surface area contributed by atoms with Crippen molar-refractivity contribution in [2.45, 2.75) is 12.8 Å². The molecule has 0 bridgehead atoms. The molecule has 0 aromatic heterocycles. The number of carbonyl (C=O) groups excluding carboxylic acids is 2. The molecule has 0 atom stereocenters. The van der Waals surface area contributed by atoms with Crippen LogP contribution in [0, 0.1) is 0 Å². The lowest BCUT2D eigenvalue weighted by molar-refractivity contribution is -0.132. The molecule has 0 saturated carbocycles. The molecule has 154 valence electrons. The quantitative estimate of drug-likeness (QED) is 0.662. The van der Waals surface area contributed by atoms with Crippen molar-refractivity contribution in [2.75, 3.05) is 40.4 Å². The van der Waals surface area contributed by atoms with Gasteiger partial charge in [-0.25, -0.2) is 0 Å². The van der Waals surface area contributed by atoms with Crippen molar-refractivity contribution >= 4 is 27.7 Å². The van der Waals surface area contributed by atoms with Gasteiger partial charge in [-0.05, 0) is 42.3 Å². The summed E-state index contributed by atoms with van der Waals surface area (Å²) in [6.07, 6.45) is 1.20. The van der Waals surface area contributed by atoms with Gasteiger partial charge in [-0.2, -0.15) is 0 Å². The van der Waals surface area contributed by atoms with E-state index in [4.69, 9.17) is 9.47 Å². The van der Waals surface area contributed by atoms with Gasteiger partial charge in [0, 0.05) is 42.6 Å². The third-order valence-corrected chi connectivity index (χ3v) is 5.62. The van der Waals surface area contributed by atoms with E-state index in [9.17, 15) is 9.59 Å². The Bertz CT molecular complexity index is 862. The van der Waals surface area contributed by atoms with Crippen LogP contribution in [0.2, 0.25) is 0 Å². The highest BCUT2D eigenvalue weighted by atomic mass is 79.9. The van der Waals surface area contributed by atoms with Gasteiger partial charge in [0.15, 0.2) is 11.5 Å². The van der Waals surface area contributed by atoms with Crippen LogP contribution < -0.4 is 9.47 Å². The normalized spacial score (nSPS) is 13.9. The van der Waals surface area contributed by atoms with Crippen LogP contribution in [0.1, 0.15) is 22.3 Å². The molecule has 1 heterocycles. The maximum atomic E-state index is 12.8. The first kappa shape index (κ1) is 21.2. The standard InChI is InChI=1S/C22H25BrN2O4/c1-28-19-9-6-17(15-20(19)29-2)22(27)25-13-11-24(12-14-25)21(26)10-5-16-3-7-18(23)8-4-16/h3-4,6-9,15H,5,10-14H2,1-2H3. The van der Waals surface area contributed by atoms with Gasteiger partial charge in [-0.1, -0.05) is 28.1 Å². The van der Waals surface area contributed by atoms with Gasteiger partial charge >= 0.3 is 0 Å². The number of amides is 2. The Morgan fingerprint density at radius 1 is 0.897 bits per heavy atom.